The van der Waals surface area contributed by atoms with Crippen molar-refractivity contribution in [1.82, 2.24) is 9.97 Å². The zero-order valence-electron chi connectivity index (χ0n) is 9.14. The number of nitrogens with two attached hydrogens (primary N) is 1. The molecular weight excluding hydrogens is 250 g/mol. The maximum Gasteiger partial charge on any atom is 0.194 e. The smallest absolute Gasteiger partial charge is 0.194 e. The Morgan fingerprint density at radius 2 is 1.50 bits per heavy atom. The van der Waals surface area contributed by atoms with Crippen LogP contribution in [0.25, 0.3) is 11.4 Å². The normalized spacial score (nSPS) is 10.7. The van der Waals surface area contributed by atoms with Crippen molar-refractivity contribution in [3.05, 3.63) is 41.1 Å². The number of rotatable bonds is 1. The highest BCUT2D eigenvalue weighted by molar-refractivity contribution is 5.57. The molecule has 1 aromatic carbocycles. The molecule has 7 heteroatoms. The largest absolute Gasteiger partial charge is 0.381 e. The Labute approximate surface area is 99.3 Å². The first kappa shape index (κ1) is 12.3. The minimum Gasteiger partial charge on any atom is -0.381 e. The van der Waals surface area contributed by atoms with Crippen molar-refractivity contribution < 1.29 is 17.6 Å². The van der Waals surface area contributed by atoms with Gasteiger partial charge in [-0.05, 0) is 19.1 Å². The molecule has 0 atom stereocenters. The molecule has 0 saturated heterocycles. The summed E-state index contributed by atoms with van der Waals surface area (Å²) in [6.07, 6.45) is 0. The first-order chi connectivity index (χ1) is 8.40. The quantitative estimate of drug-likeness (QED) is 0.631. The van der Waals surface area contributed by atoms with E-state index in [1.165, 1.54) is 6.92 Å². The van der Waals surface area contributed by atoms with Crippen molar-refractivity contribution in [3.63, 3.8) is 0 Å². The molecule has 1 heterocycles. The molecule has 18 heavy (non-hydrogen) atoms. The van der Waals surface area contributed by atoms with Crippen LogP contribution in [0.1, 0.15) is 5.69 Å². The first-order valence-electron chi connectivity index (χ1n) is 4.84. The lowest BCUT2D eigenvalue weighted by atomic mass is 10.2. The zero-order chi connectivity index (χ0) is 13.4. The molecule has 0 aliphatic carbocycles. The van der Waals surface area contributed by atoms with E-state index in [0.29, 0.717) is 12.1 Å². The minimum absolute atomic E-state index is 0.0670. The Balaban J connectivity index is 2.63. The molecule has 0 unspecified atom stereocenters. The standard InChI is InChI=1S/C11H7F4N3/c1-4-8(14)10(16)18-11(17-4)5-2-6(12)9(15)7(13)3-5/h2-3H,1H3,(H2,16,17,18). The maximum absolute atomic E-state index is 13.2. The molecule has 0 spiro atoms. The van der Waals surface area contributed by atoms with Crippen molar-refractivity contribution in [2.75, 3.05) is 5.73 Å². The summed E-state index contributed by atoms with van der Waals surface area (Å²) in [4.78, 5) is 7.25. The summed E-state index contributed by atoms with van der Waals surface area (Å²) in [6, 6.07) is 1.43. The van der Waals surface area contributed by atoms with Gasteiger partial charge in [0.2, 0.25) is 0 Å². The molecule has 0 radical (unpaired) electrons. The molecule has 0 amide bonds. The number of nitrogen functional groups attached to an aromatic ring is 1. The van der Waals surface area contributed by atoms with Gasteiger partial charge in [-0.15, -0.1) is 0 Å². The van der Waals surface area contributed by atoms with Gasteiger partial charge in [0, 0.05) is 5.56 Å². The monoisotopic (exact) mass is 257 g/mol. The summed E-state index contributed by atoms with van der Waals surface area (Å²) in [5, 5.41) is 0. The molecule has 3 nitrogen and oxygen atoms in total. The third kappa shape index (κ3) is 1.99. The Hall–Kier alpha value is -2.18. The van der Waals surface area contributed by atoms with Crippen molar-refractivity contribution in [2.24, 2.45) is 0 Å². The fraction of sp³-hybridized carbons (Fsp3) is 0.0909. The Kier molecular flexibility index (Phi) is 2.90. The molecule has 2 aromatic rings. The van der Waals surface area contributed by atoms with E-state index < -0.39 is 29.1 Å². The van der Waals surface area contributed by atoms with E-state index in [1.807, 2.05) is 0 Å². The van der Waals surface area contributed by atoms with E-state index in [9.17, 15) is 17.6 Å². The van der Waals surface area contributed by atoms with Crippen LogP contribution in [0.3, 0.4) is 0 Å². The average Bonchev–Trinajstić information content (AvgIpc) is 2.31. The molecule has 0 saturated carbocycles. The average molecular weight is 257 g/mol. The van der Waals surface area contributed by atoms with E-state index in [4.69, 9.17) is 5.73 Å². The van der Waals surface area contributed by atoms with Crippen LogP contribution in [0.15, 0.2) is 12.1 Å². The summed E-state index contributed by atoms with van der Waals surface area (Å²) in [7, 11) is 0. The summed E-state index contributed by atoms with van der Waals surface area (Å²) in [5.41, 5.74) is 5.09. The maximum atomic E-state index is 13.2. The van der Waals surface area contributed by atoms with Gasteiger partial charge in [-0.2, -0.15) is 0 Å². The molecule has 1 aromatic heterocycles. The van der Waals surface area contributed by atoms with E-state index in [-0.39, 0.29) is 17.1 Å². The predicted octanol–water partition coefficient (Wildman–Crippen LogP) is 2.59. The van der Waals surface area contributed by atoms with Crippen LogP contribution in [0.2, 0.25) is 0 Å². The molecule has 94 valence electrons. The lowest BCUT2D eigenvalue weighted by Crippen LogP contribution is -2.03. The number of hydrogen-bond donors (Lipinski definition) is 1. The van der Waals surface area contributed by atoms with Crippen LogP contribution in [0.5, 0.6) is 0 Å². The fourth-order valence-electron chi connectivity index (χ4n) is 1.40. The molecule has 0 aliphatic heterocycles. The third-order valence-electron chi connectivity index (χ3n) is 2.28. The lowest BCUT2D eigenvalue weighted by molar-refractivity contribution is 0.447. The zero-order valence-corrected chi connectivity index (χ0v) is 9.14. The van der Waals surface area contributed by atoms with Crippen LogP contribution in [-0.2, 0) is 0 Å². The second-order valence-corrected chi connectivity index (χ2v) is 3.59. The number of anilines is 1. The van der Waals surface area contributed by atoms with Crippen molar-refractivity contribution in [2.45, 2.75) is 6.92 Å². The number of halogens is 4. The van der Waals surface area contributed by atoms with Gasteiger partial charge < -0.3 is 5.73 Å². The first-order valence-corrected chi connectivity index (χ1v) is 4.84. The van der Waals surface area contributed by atoms with Crippen LogP contribution < -0.4 is 5.73 Å². The molecule has 0 fully saturated rings. The van der Waals surface area contributed by atoms with Gasteiger partial charge in [0.15, 0.2) is 34.9 Å². The van der Waals surface area contributed by atoms with Crippen LogP contribution in [-0.4, -0.2) is 9.97 Å². The Morgan fingerprint density at radius 1 is 0.944 bits per heavy atom. The van der Waals surface area contributed by atoms with Gasteiger partial charge in [0.1, 0.15) is 0 Å². The molecule has 0 aliphatic rings. The van der Waals surface area contributed by atoms with Crippen LogP contribution >= 0.6 is 0 Å². The predicted molar refractivity (Wildman–Crippen MR) is 56.4 cm³/mol. The third-order valence-corrected chi connectivity index (χ3v) is 2.28. The number of benzene rings is 1. The SMILES string of the molecule is Cc1nc(-c2cc(F)c(F)c(F)c2)nc(N)c1F. The topological polar surface area (TPSA) is 51.8 Å². The van der Waals surface area contributed by atoms with E-state index in [1.54, 1.807) is 0 Å². The summed E-state index contributed by atoms with van der Waals surface area (Å²) >= 11 is 0. The highest BCUT2D eigenvalue weighted by Gasteiger charge is 2.15. The highest BCUT2D eigenvalue weighted by atomic mass is 19.2. The van der Waals surface area contributed by atoms with E-state index >= 15 is 0 Å². The molecule has 0 bridgehead atoms. The second-order valence-electron chi connectivity index (χ2n) is 3.59. The van der Waals surface area contributed by atoms with Gasteiger partial charge >= 0.3 is 0 Å². The number of aromatic nitrogens is 2. The minimum atomic E-state index is -1.59. The van der Waals surface area contributed by atoms with Gasteiger partial charge in [-0.25, -0.2) is 27.5 Å². The second kappa shape index (κ2) is 4.25. The highest BCUT2D eigenvalue weighted by Crippen LogP contribution is 2.23. The van der Waals surface area contributed by atoms with Crippen LogP contribution in [0, 0.1) is 30.2 Å². The van der Waals surface area contributed by atoms with Gasteiger partial charge in [0.25, 0.3) is 0 Å². The van der Waals surface area contributed by atoms with Crippen molar-refractivity contribution in [3.8, 4) is 11.4 Å². The van der Waals surface area contributed by atoms with Crippen LogP contribution in [0.4, 0.5) is 23.4 Å². The number of aryl methyl sites for hydroxylation is 1. The Bertz CT molecular complexity index is 526. The molecule has 2 N–H and O–H groups in total. The summed E-state index contributed by atoms with van der Waals surface area (Å²) < 4.78 is 52.0. The van der Waals surface area contributed by atoms with Gasteiger partial charge in [-0.1, -0.05) is 0 Å². The number of nitrogens with zero attached hydrogens (tertiary/aromatic N) is 2. The van der Waals surface area contributed by atoms with E-state index in [0.717, 1.165) is 0 Å². The van der Waals surface area contributed by atoms with E-state index in [2.05, 4.69) is 9.97 Å². The van der Waals surface area contributed by atoms with Crippen molar-refractivity contribution in [1.29, 1.82) is 0 Å². The molecular formula is C11H7F4N3. The van der Waals surface area contributed by atoms with Gasteiger partial charge in [-0.3, -0.25) is 0 Å². The fourth-order valence-corrected chi connectivity index (χ4v) is 1.40. The summed E-state index contributed by atoms with van der Waals surface area (Å²) in [5.74, 6) is -5.78. The molecule has 2 rings (SSSR count). The van der Waals surface area contributed by atoms with Gasteiger partial charge in [0.05, 0.1) is 5.69 Å². The number of hydrogen-bond acceptors (Lipinski definition) is 3. The summed E-state index contributed by atoms with van der Waals surface area (Å²) in [6.45, 7) is 1.33. The van der Waals surface area contributed by atoms with Crippen molar-refractivity contribution >= 4 is 5.82 Å². The Morgan fingerprint density at radius 3 is 2.00 bits per heavy atom. The lowest BCUT2D eigenvalue weighted by Gasteiger charge is -2.05.